The van der Waals surface area contributed by atoms with E-state index in [-0.39, 0.29) is 29.8 Å². The minimum absolute atomic E-state index is 0.00903. The molecule has 192 valence electrons. The molecule has 0 bridgehead atoms. The Balaban J connectivity index is 1.77. The molecule has 7 heteroatoms. The molecule has 1 heterocycles. The van der Waals surface area contributed by atoms with Gasteiger partial charge in [0.1, 0.15) is 23.1 Å². The minimum Gasteiger partial charge on any atom is -0.507 e. The van der Waals surface area contributed by atoms with Crippen molar-refractivity contribution < 1.29 is 28.6 Å². The van der Waals surface area contributed by atoms with Gasteiger partial charge in [0.2, 0.25) is 0 Å². The Hall–Kier alpha value is -4.13. The van der Waals surface area contributed by atoms with Crippen LogP contribution in [-0.4, -0.2) is 41.5 Å². The number of Topliss-reactive ketones (excluding diaryl/α,β-unsaturated/α-hetero) is 1. The quantitative estimate of drug-likeness (QED) is 0.246. The first-order valence-corrected chi connectivity index (χ1v) is 12.1. The molecule has 1 unspecified atom stereocenters. The van der Waals surface area contributed by atoms with Crippen LogP contribution in [0, 0.1) is 12.7 Å². The fourth-order valence-corrected chi connectivity index (χ4v) is 4.53. The molecule has 1 atom stereocenters. The van der Waals surface area contributed by atoms with Gasteiger partial charge in [-0.3, -0.25) is 9.59 Å². The molecule has 1 fully saturated rings. The number of hydrogen-bond donors (Lipinski definition) is 1. The molecule has 0 radical (unpaired) electrons. The fraction of sp³-hybridized carbons (Fsp3) is 0.267. The number of methoxy groups -OCH3 is 1. The van der Waals surface area contributed by atoms with Gasteiger partial charge in [-0.2, -0.15) is 0 Å². The number of carbonyl (C=O) groups excluding carboxylic acids is 2. The molecule has 0 aromatic heterocycles. The van der Waals surface area contributed by atoms with Crippen LogP contribution in [0.3, 0.4) is 0 Å². The van der Waals surface area contributed by atoms with E-state index in [0.717, 1.165) is 5.56 Å². The molecule has 37 heavy (non-hydrogen) atoms. The first kappa shape index (κ1) is 25.9. The molecule has 4 rings (SSSR count). The van der Waals surface area contributed by atoms with Gasteiger partial charge in [0, 0.05) is 12.1 Å². The Morgan fingerprint density at radius 1 is 1.00 bits per heavy atom. The second kappa shape index (κ2) is 10.9. The zero-order chi connectivity index (χ0) is 26.7. The lowest BCUT2D eigenvalue weighted by molar-refractivity contribution is -0.139. The predicted molar refractivity (Wildman–Crippen MR) is 139 cm³/mol. The van der Waals surface area contributed by atoms with Crippen molar-refractivity contribution in [1.82, 2.24) is 4.90 Å². The summed E-state index contributed by atoms with van der Waals surface area (Å²) in [5.74, 6) is -0.751. The Bertz CT molecular complexity index is 1330. The molecule has 1 N–H and O–H groups in total. The third-order valence-electron chi connectivity index (χ3n) is 6.35. The molecule has 3 aromatic rings. The van der Waals surface area contributed by atoms with Crippen molar-refractivity contribution in [3.05, 3.63) is 100 Å². The van der Waals surface area contributed by atoms with Gasteiger partial charge in [-0.1, -0.05) is 24.3 Å². The standard InChI is InChI=1S/C30H30FNO5/c1-18(2)37-23-11-7-21(8-12-23)27-26(28(33)25-14-13-24(36-4)17-19(25)3)29(34)30(35)32(27)16-15-20-5-9-22(31)10-6-20/h5-14,17-18,27,33H,15-16H2,1-4H3/b28-26-. The number of aryl methyl sites for hydroxylation is 1. The van der Waals surface area contributed by atoms with Crippen LogP contribution >= 0.6 is 0 Å². The van der Waals surface area contributed by atoms with E-state index in [0.29, 0.717) is 34.6 Å². The zero-order valence-electron chi connectivity index (χ0n) is 21.3. The van der Waals surface area contributed by atoms with E-state index in [1.54, 1.807) is 68.6 Å². The summed E-state index contributed by atoms with van der Waals surface area (Å²) in [4.78, 5) is 28.0. The fourth-order valence-electron chi connectivity index (χ4n) is 4.53. The summed E-state index contributed by atoms with van der Waals surface area (Å²) in [5.41, 5.74) is 2.67. The van der Waals surface area contributed by atoms with E-state index in [2.05, 4.69) is 0 Å². The molecule has 1 aliphatic heterocycles. The molecule has 1 amide bonds. The SMILES string of the molecule is COc1ccc(/C(O)=C2/C(=O)C(=O)N(CCc3ccc(F)cc3)C2c2ccc(OC(C)C)cc2)c(C)c1. The maximum Gasteiger partial charge on any atom is 0.295 e. The maximum absolute atomic E-state index is 13.4. The highest BCUT2D eigenvalue weighted by Crippen LogP contribution is 2.40. The smallest absolute Gasteiger partial charge is 0.295 e. The lowest BCUT2D eigenvalue weighted by atomic mass is 9.93. The Morgan fingerprint density at radius 3 is 2.24 bits per heavy atom. The van der Waals surface area contributed by atoms with Crippen molar-refractivity contribution in [2.45, 2.75) is 39.3 Å². The Labute approximate surface area is 215 Å². The minimum atomic E-state index is -0.796. The van der Waals surface area contributed by atoms with Crippen molar-refractivity contribution in [3.8, 4) is 11.5 Å². The highest BCUT2D eigenvalue weighted by atomic mass is 19.1. The van der Waals surface area contributed by atoms with E-state index in [4.69, 9.17) is 9.47 Å². The monoisotopic (exact) mass is 503 g/mol. The van der Waals surface area contributed by atoms with Gasteiger partial charge in [-0.05, 0) is 86.3 Å². The van der Waals surface area contributed by atoms with Crippen molar-refractivity contribution in [1.29, 1.82) is 0 Å². The summed E-state index contributed by atoms with van der Waals surface area (Å²) in [6.07, 6.45) is 0.408. The third kappa shape index (κ3) is 5.50. The summed E-state index contributed by atoms with van der Waals surface area (Å²) >= 11 is 0. The number of aliphatic hydroxyl groups is 1. The number of halogens is 1. The van der Waals surface area contributed by atoms with Gasteiger partial charge < -0.3 is 19.5 Å². The number of amides is 1. The van der Waals surface area contributed by atoms with Crippen molar-refractivity contribution in [2.24, 2.45) is 0 Å². The molecule has 0 aliphatic carbocycles. The summed E-state index contributed by atoms with van der Waals surface area (Å²) < 4.78 is 24.4. The molecular formula is C30H30FNO5. The van der Waals surface area contributed by atoms with Crippen LogP contribution in [0.2, 0.25) is 0 Å². The lowest BCUT2D eigenvalue weighted by Crippen LogP contribution is -2.31. The van der Waals surface area contributed by atoms with Crippen LogP contribution in [0.25, 0.3) is 5.76 Å². The normalized spacial score (nSPS) is 16.9. The lowest BCUT2D eigenvalue weighted by Gasteiger charge is -2.26. The van der Waals surface area contributed by atoms with Gasteiger partial charge in [-0.15, -0.1) is 0 Å². The number of nitrogens with zero attached hydrogens (tertiary/aromatic N) is 1. The third-order valence-corrected chi connectivity index (χ3v) is 6.35. The molecule has 0 spiro atoms. The summed E-state index contributed by atoms with van der Waals surface area (Å²) in [6, 6.07) is 17.5. The van der Waals surface area contributed by atoms with Crippen LogP contribution in [0.1, 0.15) is 42.1 Å². The van der Waals surface area contributed by atoms with Gasteiger partial charge in [0.05, 0.1) is 24.8 Å². The van der Waals surface area contributed by atoms with E-state index >= 15 is 0 Å². The Kier molecular flexibility index (Phi) is 7.62. The average molecular weight is 504 g/mol. The number of aliphatic hydroxyl groups excluding tert-OH is 1. The number of likely N-dealkylation sites (tertiary alicyclic amines) is 1. The molecular weight excluding hydrogens is 473 g/mol. The van der Waals surface area contributed by atoms with Crippen molar-refractivity contribution >= 4 is 17.4 Å². The summed E-state index contributed by atoms with van der Waals surface area (Å²) in [7, 11) is 1.55. The molecule has 1 aliphatic rings. The number of carbonyl (C=O) groups is 2. The topological polar surface area (TPSA) is 76.1 Å². The first-order valence-electron chi connectivity index (χ1n) is 12.1. The van der Waals surface area contributed by atoms with Crippen LogP contribution in [-0.2, 0) is 16.0 Å². The highest BCUT2D eigenvalue weighted by Gasteiger charge is 2.46. The number of ketones is 1. The Morgan fingerprint density at radius 2 is 1.65 bits per heavy atom. The van der Waals surface area contributed by atoms with Crippen LogP contribution in [0.5, 0.6) is 11.5 Å². The number of rotatable bonds is 8. The van der Waals surface area contributed by atoms with E-state index < -0.39 is 17.7 Å². The van der Waals surface area contributed by atoms with Crippen molar-refractivity contribution in [2.75, 3.05) is 13.7 Å². The number of benzene rings is 3. The molecule has 0 saturated carbocycles. The zero-order valence-corrected chi connectivity index (χ0v) is 21.3. The molecule has 6 nitrogen and oxygen atoms in total. The van der Waals surface area contributed by atoms with Crippen molar-refractivity contribution in [3.63, 3.8) is 0 Å². The van der Waals surface area contributed by atoms with E-state index in [9.17, 15) is 19.1 Å². The second-order valence-corrected chi connectivity index (χ2v) is 9.29. The van der Waals surface area contributed by atoms with Gasteiger partial charge in [-0.25, -0.2) is 4.39 Å². The largest absolute Gasteiger partial charge is 0.507 e. The van der Waals surface area contributed by atoms with E-state index in [1.165, 1.54) is 17.0 Å². The predicted octanol–water partition coefficient (Wildman–Crippen LogP) is 5.59. The van der Waals surface area contributed by atoms with E-state index in [1.807, 2.05) is 13.8 Å². The molecule has 3 aromatic carbocycles. The van der Waals surface area contributed by atoms with Crippen LogP contribution in [0.4, 0.5) is 4.39 Å². The summed E-state index contributed by atoms with van der Waals surface area (Å²) in [5, 5.41) is 11.4. The van der Waals surface area contributed by atoms with Crippen LogP contribution in [0.15, 0.2) is 72.3 Å². The molecule has 1 saturated heterocycles. The second-order valence-electron chi connectivity index (χ2n) is 9.29. The van der Waals surface area contributed by atoms with Gasteiger partial charge >= 0.3 is 0 Å². The first-order chi connectivity index (χ1) is 17.7. The number of hydrogen-bond acceptors (Lipinski definition) is 5. The number of ether oxygens (including phenoxy) is 2. The maximum atomic E-state index is 13.4. The van der Waals surface area contributed by atoms with Gasteiger partial charge in [0.25, 0.3) is 11.7 Å². The van der Waals surface area contributed by atoms with Gasteiger partial charge in [0.15, 0.2) is 0 Å². The summed E-state index contributed by atoms with van der Waals surface area (Å²) in [6.45, 7) is 5.86. The highest BCUT2D eigenvalue weighted by molar-refractivity contribution is 6.46. The average Bonchev–Trinajstić information content (AvgIpc) is 3.13. The van der Waals surface area contributed by atoms with Crippen LogP contribution < -0.4 is 9.47 Å².